The van der Waals surface area contributed by atoms with Gasteiger partial charge in [-0.3, -0.25) is 4.79 Å². The molecule has 16 heavy (non-hydrogen) atoms. The maximum absolute atomic E-state index is 11.8. The first-order valence-corrected chi connectivity index (χ1v) is 4.81. The molecule has 1 aromatic heterocycles. The number of aromatic nitrogens is 2. The molecule has 0 aliphatic rings. The van der Waals surface area contributed by atoms with Crippen LogP contribution >= 0.6 is 23.2 Å². The first-order chi connectivity index (χ1) is 7.29. The quantitative estimate of drug-likeness (QED) is 0.890. The number of rotatable bonds is 3. The number of nitrogens with zero attached hydrogens (tertiary/aromatic N) is 1. The van der Waals surface area contributed by atoms with E-state index in [1.165, 1.54) is 0 Å². The van der Waals surface area contributed by atoms with Gasteiger partial charge in [-0.2, -0.15) is 13.2 Å². The van der Waals surface area contributed by atoms with Crippen molar-refractivity contribution < 1.29 is 18.0 Å². The van der Waals surface area contributed by atoms with Gasteiger partial charge in [-0.05, 0) is 0 Å². The molecule has 4 nitrogen and oxygen atoms in total. The number of imidazole rings is 1. The second-order valence-electron chi connectivity index (χ2n) is 2.81. The maximum atomic E-state index is 11.8. The Labute approximate surface area is 98.1 Å². The second-order valence-corrected chi connectivity index (χ2v) is 3.55. The van der Waals surface area contributed by atoms with E-state index in [4.69, 9.17) is 23.2 Å². The van der Waals surface area contributed by atoms with E-state index in [2.05, 4.69) is 9.97 Å². The fourth-order valence-electron chi connectivity index (χ4n) is 0.840. The molecule has 1 aromatic rings. The van der Waals surface area contributed by atoms with Crippen molar-refractivity contribution in [1.82, 2.24) is 15.3 Å². The average molecular weight is 276 g/mol. The molecule has 1 rings (SSSR count). The van der Waals surface area contributed by atoms with Crippen molar-refractivity contribution in [1.29, 1.82) is 0 Å². The van der Waals surface area contributed by atoms with Gasteiger partial charge in [0.25, 0.3) is 5.91 Å². The molecule has 0 radical (unpaired) electrons. The molecule has 90 valence electrons. The predicted octanol–water partition coefficient (Wildman–Crippen LogP) is 2.40. The topological polar surface area (TPSA) is 57.8 Å². The Kier molecular flexibility index (Phi) is 4.03. The summed E-state index contributed by atoms with van der Waals surface area (Å²) in [7, 11) is 0. The number of amides is 1. The third-order valence-electron chi connectivity index (χ3n) is 1.53. The van der Waals surface area contributed by atoms with Gasteiger partial charge >= 0.3 is 6.18 Å². The zero-order chi connectivity index (χ0) is 12.3. The van der Waals surface area contributed by atoms with Crippen molar-refractivity contribution in [2.24, 2.45) is 0 Å². The smallest absolute Gasteiger partial charge is 0.349 e. The van der Waals surface area contributed by atoms with Crippen LogP contribution in [0, 0.1) is 0 Å². The highest BCUT2D eigenvalue weighted by molar-refractivity contribution is 6.40. The Morgan fingerprint density at radius 3 is 2.50 bits per heavy atom. The van der Waals surface area contributed by atoms with Gasteiger partial charge in [0.05, 0.1) is 6.42 Å². The number of hydrogen-bond donors (Lipinski definition) is 2. The highest BCUT2D eigenvalue weighted by atomic mass is 35.5. The first kappa shape index (κ1) is 13.1. The summed E-state index contributed by atoms with van der Waals surface area (Å²) in [5.74, 6) is -1.02. The standard InChI is InChI=1S/C7H6Cl2F3N3O/c8-3-4(9)15-5(14-3)6(16)13-2-1-7(10,11)12/h1-2H2,(H,13,16)(H,14,15). The van der Waals surface area contributed by atoms with Crippen molar-refractivity contribution in [2.75, 3.05) is 6.54 Å². The summed E-state index contributed by atoms with van der Waals surface area (Å²) in [6, 6.07) is 0. The lowest BCUT2D eigenvalue weighted by molar-refractivity contribution is -0.133. The summed E-state index contributed by atoms with van der Waals surface area (Å²) < 4.78 is 35.3. The van der Waals surface area contributed by atoms with E-state index in [9.17, 15) is 18.0 Å². The first-order valence-electron chi connectivity index (χ1n) is 4.05. The molecule has 0 saturated carbocycles. The molecular weight excluding hydrogens is 270 g/mol. The summed E-state index contributed by atoms with van der Waals surface area (Å²) in [6.07, 6.45) is -5.42. The van der Waals surface area contributed by atoms with Crippen molar-refractivity contribution in [3.63, 3.8) is 0 Å². The summed E-state index contributed by atoms with van der Waals surface area (Å²) in [4.78, 5) is 17.0. The van der Waals surface area contributed by atoms with Gasteiger partial charge in [0.1, 0.15) is 5.15 Å². The number of alkyl halides is 3. The number of hydrogen-bond acceptors (Lipinski definition) is 2. The van der Waals surface area contributed by atoms with Crippen LogP contribution in [0.15, 0.2) is 0 Å². The van der Waals surface area contributed by atoms with Gasteiger partial charge < -0.3 is 10.3 Å². The molecule has 9 heteroatoms. The highest BCUT2D eigenvalue weighted by Gasteiger charge is 2.26. The Morgan fingerprint density at radius 1 is 1.44 bits per heavy atom. The van der Waals surface area contributed by atoms with Crippen LogP contribution in [0.4, 0.5) is 13.2 Å². The number of aromatic amines is 1. The molecule has 0 unspecified atom stereocenters. The fourth-order valence-corrected chi connectivity index (χ4v) is 1.10. The molecule has 1 amide bonds. The number of carbonyl (C=O) groups is 1. The average Bonchev–Trinajstić information content (AvgIpc) is 2.45. The SMILES string of the molecule is O=C(NCCC(F)(F)F)c1nc(Cl)c(Cl)[nH]1. The number of carbonyl (C=O) groups excluding carboxylic acids is 1. The Bertz CT molecular complexity index is 371. The van der Waals surface area contributed by atoms with Gasteiger partial charge in [-0.15, -0.1) is 0 Å². The number of H-pyrrole nitrogens is 1. The van der Waals surface area contributed by atoms with Crippen molar-refractivity contribution in [2.45, 2.75) is 12.6 Å². The van der Waals surface area contributed by atoms with Gasteiger partial charge in [0.2, 0.25) is 0 Å². The van der Waals surface area contributed by atoms with Gasteiger partial charge in [-0.25, -0.2) is 4.98 Å². The van der Waals surface area contributed by atoms with E-state index in [1.807, 2.05) is 5.32 Å². The monoisotopic (exact) mass is 275 g/mol. The van der Waals surface area contributed by atoms with E-state index in [0.717, 1.165) is 0 Å². The van der Waals surface area contributed by atoms with E-state index in [1.54, 1.807) is 0 Å². The lowest BCUT2D eigenvalue weighted by Gasteiger charge is -2.06. The number of nitrogens with one attached hydrogen (secondary N) is 2. The molecule has 0 aliphatic heterocycles. The van der Waals surface area contributed by atoms with Crippen molar-refractivity contribution >= 4 is 29.1 Å². The van der Waals surface area contributed by atoms with Crippen LogP contribution in [-0.2, 0) is 0 Å². The molecule has 0 bridgehead atoms. The molecule has 2 N–H and O–H groups in total. The minimum atomic E-state index is -4.31. The summed E-state index contributed by atoms with van der Waals surface area (Å²) in [5.41, 5.74) is 0. The van der Waals surface area contributed by atoms with Gasteiger partial charge in [-0.1, -0.05) is 23.2 Å². The molecule has 0 aromatic carbocycles. The minimum Gasteiger partial charge on any atom is -0.349 e. The van der Waals surface area contributed by atoms with E-state index < -0.39 is 25.0 Å². The molecule has 1 heterocycles. The molecule has 0 aliphatic carbocycles. The molecule has 0 spiro atoms. The number of halogens is 5. The third-order valence-corrected chi connectivity index (χ3v) is 2.17. The lowest BCUT2D eigenvalue weighted by atomic mass is 10.4. The minimum absolute atomic E-state index is 0.0392. The van der Waals surface area contributed by atoms with E-state index in [-0.39, 0.29) is 16.1 Å². The third kappa shape index (κ3) is 3.90. The summed E-state index contributed by atoms with van der Waals surface area (Å²) in [6.45, 7) is -0.529. The Hall–Kier alpha value is -0.950. The fraction of sp³-hybridized carbons (Fsp3) is 0.429. The van der Waals surface area contributed by atoms with Crippen LogP contribution in [0.3, 0.4) is 0 Å². The molecule has 0 fully saturated rings. The van der Waals surface area contributed by atoms with E-state index >= 15 is 0 Å². The van der Waals surface area contributed by atoms with Crippen LogP contribution in [0.1, 0.15) is 17.0 Å². The molecule has 0 saturated heterocycles. The summed E-state index contributed by atoms with van der Waals surface area (Å²) in [5, 5.41) is 1.88. The van der Waals surface area contributed by atoms with Crippen LogP contribution in [0.5, 0.6) is 0 Å². The van der Waals surface area contributed by atoms with Crippen LogP contribution in [0.2, 0.25) is 10.3 Å². The van der Waals surface area contributed by atoms with Crippen LogP contribution < -0.4 is 5.32 Å². The van der Waals surface area contributed by atoms with Crippen molar-refractivity contribution in [3.8, 4) is 0 Å². The lowest BCUT2D eigenvalue weighted by Crippen LogP contribution is -2.28. The predicted molar refractivity (Wildman–Crippen MR) is 51.6 cm³/mol. The molecule has 0 atom stereocenters. The normalized spacial score (nSPS) is 11.6. The summed E-state index contributed by atoms with van der Waals surface area (Å²) >= 11 is 10.9. The van der Waals surface area contributed by atoms with Gasteiger partial charge in [0, 0.05) is 6.54 Å². The highest BCUT2D eigenvalue weighted by Crippen LogP contribution is 2.19. The van der Waals surface area contributed by atoms with Crippen LogP contribution in [0.25, 0.3) is 0 Å². The zero-order valence-electron chi connectivity index (χ0n) is 7.66. The zero-order valence-corrected chi connectivity index (χ0v) is 9.17. The van der Waals surface area contributed by atoms with Gasteiger partial charge in [0.15, 0.2) is 11.0 Å². The largest absolute Gasteiger partial charge is 0.390 e. The molecular formula is C7H6Cl2F3N3O. The Morgan fingerprint density at radius 2 is 2.06 bits per heavy atom. The van der Waals surface area contributed by atoms with Crippen molar-refractivity contribution in [3.05, 3.63) is 16.1 Å². The maximum Gasteiger partial charge on any atom is 0.390 e. The second kappa shape index (κ2) is 4.92. The Balaban J connectivity index is 2.47. The van der Waals surface area contributed by atoms with E-state index in [0.29, 0.717) is 0 Å². The van der Waals surface area contributed by atoms with Crippen LogP contribution in [-0.4, -0.2) is 28.6 Å².